The average Bonchev–Trinajstić information content (AvgIpc) is 4.10. The van der Waals surface area contributed by atoms with Crippen molar-refractivity contribution in [2.24, 2.45) is 5.92 Å². The fourth-order valence-electron chi connectivity index (χ4n) is 5.45. The largest absolute Gasteiger partial charge is 0.480 e. The molecule has 20 nitrogen and oxygen atoms in total. The molecule has 0 atom stereocenters. The number of rotatable bonds is 12. The van der Waals surface area contributed by atoms with Crippen LogP contribution in [0.2, 0.25) is 0 Å². The number of aliphatic carboxylic acids is 1. The van der Waals surface area contributed by atoms with Crippen molar-refractivity contribution in [1.29, 1.82) is 0 Å². The number of nitrogens with one attached hydrogen (secondary N) is 2. The number of pyridine rings is 2. The maximum absolute atomic E-state index is 12.9. The van der Waals surface area contributed by atoms with Crippen molar-refractivity contribution < 1.29 is 24.3 Å². The third kappa shape index (κ3) is 12.2. The number of carbonyl (C=O) groups is 4. The van der Waals surface area contributed by atoms with Crippen LogP contribution in [-0.2, 0) is 32.3 Å². The molecule has 58 heavy (non-hydrogen) atoms. The SMILES string of the molecule is C.Nc1ncnc2c1cnn2CC(=O)N(CC(=O)Nc1cccc(Br)n1)C1CC1.Nc1ncnc2c1cnn2CC(=O)O.O=C(CCC1CC1)Nc1cccc(Br)n1. The third-order valence-electron chi connectivity index (χ3n) is 8.56. The minimum Gasteiger partial charge on any atom is -0.480 e. The van der Waals surface area contributed by atoms with E-state index < -0.39 is 5.97 Å². The van der Waals surface area contributed by atoms with E-state index in [0.717, 1.165) is 29.8 Å². The number of fused-ring (bicyclic) bond motifs is 2. The Morgan fingerprint density at radius 2 is 1.28 bits per heavy atom. The summed E-state index contributed by atoms with van der Waals surface area (Å²) in [5.41, 5.74) is 12.3. The van der Waals surface area contributed by atoms with E-state index in [1.165, 1.54) is 47.3 Å². The lowest BCUT2D eigenvalue weighted by molar-refractivity contribution is -0.138. The highest BCUT2D eigenvalue weighted by atomic mass is 79.9. The summed E-state index contributed by atoms with van der Waals surface area (Å²) in [5.74, 6) is 1.02. The Hall–Kier alpha value is -6.16. The second kappa shape index (κ2) is 19.8. The quantitative estimate of drug-likeness (QED) is 0.107. The van der Waals surface area contributed by atoms with Crippen molar-refractivity contribution >= 4 is 101 Å². The van der Waals surface area contributed by atoms with Gasteiger partial charge in [0.2, 0.25) is 17.7 Å². The van der Waals surface area contributed by atoms with Gasteiger partial charge in [-0.15, -0.1) is 0 Å². The number of halogens is 2. The number of hydrogen-bond donors (Lipinski definition) is 5. The number of nitrogen functional groups attached to an aromatic ring is 2. The van der Waals surface area contributed by atoms with Crippen molar-refractivity contribution in [1.82, 2.24) is 54.4 Å². The molecule has 2 saturated carbocycles. The molecule has 6 heterocycles. The maximum Gasteiger partial charge on any atom is 0.325 e. The minimum atomic E-state index is -0.979. The van der Waals surface area contributed by atoms with Crippen molar-refractivity contribution in [2.45, 2.75) is 65.1 Å². The summed E-state index contributed by atoms with van der Waals surface area (Å²) < 4.78 is 4.09. The van der Waals surface area contributed by atoms with Crippen LogP contribution in [-0.4, -0.2) is 95.7 Å². The zero-order chi connectivity index (χ0) is 40.5. The monoisotopic (exact) mass is 921 g/mol. The number of nitrogens with zero attached hydrogens (tertiary/aromatic N) is 11. The van der Waals surface area contributed by atoms with Crippen LogP contribution in [0, 0.1) is 5.92 Å². The molecule has 0 spiro atoms. The van der Waals surface area contributed by atoms with Gasteiger partial charge < -0.3 is 32.1 Å². The van der Waals surface area contributed by atoms with Gasteiger partial charge in [0.1, 0.15) is 64.8 Å². The standard InChI is InChI=1S/C17H17BrN8O2.C11H13BrN2O.C7H7N5O2.CH4/c18-12-2-1-3-13(23-12)24-14(27)7-25(10-4-5-10)15(28)8-26-17-11(6-22-26)16(19)20-9-21-17;12-9-2-1-3-10(13-9)14-11(15)7-6-8-4-5-8;8-6-4-1-11-12(2-5(13)14)7(4)10-3-9-6;/h1-3,6,9-10H,4-5,7-8H2,(H2,19,20,21)(H,23,24,27);1-3,8H,4-7H2,(H,13,14,15);1,3H,2H2,(H,13,14)(H2,8,9,10);1H4. The van der Waals surface area contributed by atoms with E-state index in [1.54, 1.807) is 29.2 Å². The highest BCUT2D eigenvalue weighted by Gasteiger charge is 2.34. The van der Waals surface area contributed by atoms with Gasteiger partial charge in [-0.1, -0.05) is 32.4 Å². The molecule has 0 aliphatic heterocycles. The molecule has 2 aliphatic rings. The molecular weight excluding hydrogens is 882 g/mol. The lowest BCUT2D eigenvalue weighted by atomic mass is 10.2. The number of hydrogen-bond acceptors (Lipinski definition) is 14. The second-order valence-corrected chi connectivity index (χ2v) is 14.6. The molecule has 0 aromatic carbocycles. The van der Waals surface area contributed by atoms with E-state index in [2.05, 4.69) is 82.6 Å². The predicted molar refractivity (Wildman–Crippen MR) is 222 cm³/mol. The first-order valence-corrected chi connectivity index (χ1v) is 19.2. The molecule has 8 rings (SSSR count). The zero-order valence-corrected chi connectivity index (χ0v) is 33.4. The number of nitrogens with two attached hydrogens (primary N) is 2. The van der Waals surface area contributed by atoms with Crippen LogP contribution < -0.4 is 22.1 Å². The fraction of sp³-hybridized carbons (Fsp3) is 0.333. The molecule has 2 fully saturated rings. The number of carboxylic acid groups (broad SMARTS) is 1. The Morgan fingerprint density at radius 3 is 1.76 bits per heavy atom. The van der Waals surface area contributed by atoms with Gasteiger partial charge in [-0.05, 0) is 81.3 Å². The predicted octanol–water partition coefficient (Wildman–Crippen LogP) is 4.30. The molecule has 304 valence electrons. The van der Waals surface area contributed by atoms with Gasteiger partial charge in [0.25, 0.3) is 0 Å². The van der Waals surface area contributed by atoms with E-state index in [1.807, 2.05) is 12.1 Å². The van der Waals surface area contributed by atoms with Gasteiger partial charge in [0, 0.05) is 12.5 Å². The molecule has 0 unspecified atom stereocenters. The van der Waals surface area contributed by atoms with E-state index >= 15 is 0 Å². The summed E-state index contributed by atoms with van der Waals surface area (Å²) in [6, 6.07) is 10.8. The molecule has 22 heteroatoms. The van der Waals surface area contributed by atoms with Gasteiger partial charge in [0.05, 0.1) is 23.2 Å². The molecule has 0 saturated heterocycles. The minimum absolute atomic E-state index is 0. The molecule has 6 aromatic heterocycles. The summed E-state index contributed by atoms with van der Waals surface area (Å²) >= 11 is 6.52. The van der Waals surface area contributed by atoms with Crippen LogP contribution in [0.3, 0.4) is 0 Å². The topological polar surface area (TPSA) is 281 Å². The Morgan fingerprint density at radius 1 is 0.759 bits per heavy atom. The smallest absolute Gasteiger partial charge is 0.325 e. The summed E-state index contributed by atoms with van der Waals surface area (Å²) in [4.78, 5) is 72.8. The molecule has 0 radical (unpaired) electrons. The van der Waals surface area contributed by atoms with Gasteiger partial charge in [-0.25, -0.2) is 39.3 Å². The highest BCUT2D eigenvalue weighted by Crippen LogP contribution is 2.33. The Kier molecular flexibility index (Phi) is 14.7. The van der Waals surface area contributed by atoms with Crippen molar-refractivity contribution in [3.63, 3.8) is 0 Å². The molecular formula is C36H41Br2N15O5. The first kappa shape index (κ1) is 43.0. The van der Waals surface area contributed by atoms with Gasteiger partial charge in [-0.3, -0.25) is 19.2 Å². The first-order valence-electron chi connectivity index (χ1n) is 17.6. The number of anilines is 4. The first-order chi connectivity index (χ1) is 27.4. The van der Waals surface area contributed by atoms with E-state index in [0.29, 0.717) is 56.4 Å². The molecule has 6 aromatic rings. The van der Waals surface area contributed by atoms with Crippen LogP contribution in [0.1, 0.15) is 46.0 Å². The van der Waals surface area contributed by atoms with Crippen molar-refractivity contribution in [3.05, 3.63) is 70.7 Å². The fourth-order valence-corrected chi connectivity index (χ4v) is 6.13. The van der Waals surface area contributed by atoms with Crippen molar-refractivity contribution in [2.75, 3.05) is 28.6 Å². The number of carboxylic acids is 1. The summed E-state index contributed by atoms with van der Waals surface area (Å²) in [7, 11) is 0. The van der Waals surface area contributed by atoms with Gasteiger partial charge in [-0.2, -0.15) is 10.2 Å². The third-order valence-corrected chi connectivity index (χ3v) is 9.45. The molecule has 3 amide bonds. The lowest BCUT2D eigenvalue weighted by Crippen LogP contribution is -2.41. The van der Waals surface area contributed by atoms with Gasteiger partial charge >= 0.3 is 5.97 Å². The Balaban J connectivity index is 0.000000180. The zero-order valence-electron chi connectivity index (χ0n) is 30.2. The Bertz CT molecular complexity index is 2400. The van der Waals surface area contributed by atoms with Crippen LogP contribution in [0.15, 0.2) is 70.7 Å². The van der Waals surface area contributed by atoms with Gasteiger partial charge in [0.15, 0.2) is 11.3 Å². The normalized spacial score (nSPS) is 12.9. The maximum atomic E-state index is 12.9. The average molecular weight is 924 g/mol. The summed E-state index contributed by atoms with van der Waals surface area (Å²) in [6.07, 6.45) is 11.6. The molecule has 2 aliphatic carbocycles. The van der Waals surface area contributed by atoms with Crippen LogP contribution in [0.25, 0.3) is 22.1 Å². The molecule has 7 N–H and O–H groups in total. The number of carbonyl (C=O) groups excluding carboxylic acids is 3. The second-order valence-electron chi connectivity index (χ2n) is 13.0. The summed E-state index contributed by atoms with van der Waals surface area (Å²) in [6.45, 7) is -0.313. The number of amides is 3. The van der Waals surface area contributed by atoms with Crippen molar-refractivity contribution in [3.8, 4) is 0 Å². The van der Waals surface area contributed by atoms with Crippen LogP contribution in [0.4, 0.5) is 23.3 Å². The lowest BCUT2D eigenvalue weighted by Gasteiger charge is -2.22. The highest BCUT2D eigenvalue weighted by molar-refractivity contribution is 9.10. The Labute approximate surface area is 348 Å². The molecule has 0 bridgehead atoms. The summed E-state index contributed by atoms with van der Waals surface area (Å²) in [5, 5.41) is 23.3. The number of aromatic nitrogens is 10. The van der Waals surface area contributed by atoms with Crippen LogP contribution >= 0.6 is 31.9 Å². The van der Waals surface area contributed by atoms with Crippen LogP contribution in [0.5, 0.6) is 0 Å². The van der Waals surface area contributed by atoms with E-state index in [9.17, 15) is 19.2 Å². The van der Waals surface area contributed by atoms with E-state index in [-0.39, 0.29) is 50.8 Å². The van der Waals surface area contributed by atoms with E-state index in [4.69, 9.17) is 16.6 Å².